The predicted molar refractivity (Wildman–Crippen MR) is 92.5 cm³/mol. The molecule has 0 aliphatic heterocycles. The molecule has 126 valence electrons. The number of carbonyl (C=O) groups is 1. The summed E-state index contributed by atoms with van der Waals surface area (Å²) < 4.78 is 14.1. The molecule has 0 radical (unpaired) electrons. The number of nitrogens with one attached hydrogen (secondary N) is 2. The van der Waals surface area contributed by atoms with Gasteiger partial charge in [-0.15, -0.1) is 0 Å². The molecular formula is C19H17FN4O. The highest BCUT2D eigenvalue weighted by molar-refractivity contribution is 5.98. The molecule has 25 heavy (non-hydrogen) atoms. The summed E-state index contributed by atoms with van der Waals surface area (Å²) in [7, 11) is 0. The third-order valence-electron chi connectivity index (χ3n) is 4.55. The van der Waals surface area contributed by atoms with E-state index in [1.54, 1.807) is 24.4 Å². The van der Waals surface area contributed by atoms with E-state index in [1.165, 1.54) is 12.3 Å². The number of rotatable bonds is 3. The highest BCUT2D eigenvalue weighted by Gasteiger charge is 2.28. The molecule has 0 spiro atoms. The van der Waals surface area contributed by atoms with Gasteiger partial charge in [0.05, 0.1) is 29.2 Å². The van der Waals surface area contributed by atoms with Gasteiger partial charge >= 0.3 is 0 Å². The molecule has 1 aromatic carbocycles. The van der Waals surface area contributed by atoms with Gasteiger partial charge in [-0.1, -0.05) is 18.2 Å². The van der Waals surface area contributed by atoms with E-state index in [1.807, 2.05) is 12.1 Å². The van der Waals surface area contributed by atoms with E-state index < -0.39 is 0 Å². The lowest BCUT2D eigenvalue weighted by Gasteiger charge is -2.23. The molecule has 4 rings (SSSR count). The fourth-order valence-corrected chi connectivity index (χ4v) is 3.33. The molecule has 1 aliphatic rings. The van der Waals surface area contributed by atoms with Crippen LogP contribution in [0.3, 0.4) is 0 Å². The van der Waals surface area contributed by atoms with Crippen LogP contribution < -0.4 is 5.32 Å². The van der Waals surface area contributed by atoms with E-state index in [-0.39, 0.29) is 17.6 Å². The first-order valence-corrected chi connectivity index (χ1v) is 8.27. The summed E-state index contributed by atoms with van der Waals surface area (Å²) >= 11 is 0. The molecule has 2 N–H and O–H groups in total. The number of benzene rings is 1. The maximum atomic E-state index is 14.1. The Morgan fingerprint density at radius 2 is 2.12 bits per heavy atom. The average Bonchev–Trinajstić information content (AvgIpc) is 3.09. The summed E-state index contributed by atoms with van der Waals surface area (Å²) in [5.74, 6) is -0.807. The van der Waals surface area contributed by atoms with Gasteiger partial charge in [0.1, 0.15) is 5.82 Å². The van der Waals surface area contributed by atoms with Crippen LogP contribution in [-0.2, 0) is 11.2 Å². The molecule has 0 fully saturated rings. The smallest absolute Gasteiger partial charge is 0.233 e. The van der Waals surface area contributed by atoms with Crippen LogP contribution in [0.5, 0.6) is 0 Å². The van der Waals surface area contributed by atoms with Gasteiger partial charge in [0.15, 0.2) is 0 Å². The zero-order chi connectivity index (χ0) is 17.2. The van der Waals surface area contributed by atoms with Gasteiger partial charge in [-0.25, -0.2) is 4.39 Å². The van der Waals surface area contributed by atoms with Gasteiger partial charge in [0.2, 0.25) is 5.91 Å². The molecule has 0 unspecified atom stereocenters. The third kappa shape index (κ3) is 2.91. The van der Waals surface area contributed by atoms with E-state index in [0.717, 1.165) is 30.5 Å². The minimum Gasteiger partial charge on any atom is -0.322 e. The number of nitrogens with zero attached hydrogens (tertiary/aromatic N) is 2. The highest BCUT2D eigenvalue weighted by atomic mass is 19.1. The second-order valence-corrected chi connectivity index (χ2v) is 6.12. The van der Waals surface area contributed by atoms with Crippen molar-refractivity contribution in [3.8, 4) is 11.3 Å². The van der Waals surface area contributed by atoms with Crippen LogP contribution >= 0.6 is 0 Å². The topological polar surface area (TPSA) is 70.7 Å². The minimum atomic E-state index is -0.369. The van der Waals surface area contributed by atoms with Crippen LogP contribution in [0.2, 0.25) is 0 Å². The van der Waals surface area contributed by atoms with Crippen molar-refractivity contribution in [3.05, 3.63) is 65.9 Å². The Kier molecular flexibility index (Phi) is 4.01. The van der Waals surface area contributed by atoms with Crippen LogP contribution in [0, 0.1) is 5.82 Å². The molecule has 1 atom stereocenters. The Hall–Kier alpha value is -3.02. The van der Waals surface area contributed by atoms with Gasteiger partial charge in [0.25, 0.3) is 0 Å². The molecule has 2 aromatic heterocycles. The number of amides is 1. The normalized spacial score (nSPS) is 16.3. The largest absolute Gasteiger partial charge is 0.322 e. The number of aryl methyl sites for hydroxylation is 1. The second-order valence-electron chi connectivity index (χ2n) is 6.12. The van der Waals surface area contributed by atoms with Crippen molar-refractivity contribution in [1.29, 1.82) is 0 Å². The zero-order valence-corrected chi connectivity index (χ0v) is 13.5. The second kappa shape index (κ2) is 6.47. The van der Waals surface area contributed by atoms with E-state index in [0.29, 0.717) is 16.9 Å². The first-order valence-electron chi connectivity index (χ1n) is 8.27. The molecule has 0 saturated heterocycles. The maximum absolute atomic E-state index is 14.1. The van der Waals surface area contributed by atoms with E-state index in [9.17, 15) is 9.18 Å². The Labute approximate surface area is 144 Å². The average molecular weight is 336 g/mol. The quantitative estimate of drug-likeness (QED) is 0.766. The van der Waals surface area contributed by atoms with E-state index >= 15 is 0 Å². The lowest BCUT2D eigenvalue weighted by atomic mass is 9.86. The van der Waals surface area contributed by atoms with Crippen LogP contribution in [0.1, 0.15) is 30.0 Å². The van der Waals surface area contributed by atoms with Crippen molar-refractivity contribution in [2.45, 2.75) is 25.2 Å². The van der Waals surface area contributed by atoms with Gasteiger partial charge in [0, 0.05) is 11.8 Å². The maximum Gasteiger partial charge on any atom is 0.233 e. The fraction of sp³-hybridized carbons (Fsp3) is 0.211. The Morgan fingerprint density at radius 3 is 3.00 bits per heavy atom. The Bertz CT molecular complexity index is 921. The van der Waals surface area contributed by atoms with Crippen molar-refractivity contribution in [2.75, 3.05) is 5.32 Å². The lowest BCUT2D eigenvalue weighted by Crippen LogP contribution is -2.25. The van der Waals surface area contributed by atoms with E-state index in [4.69, 9.17) is 0 Å². The third-order valence-corrected chi connectivity index (χ3v) is 4.55. The van der Waals surface area contributed by atoms with Crippen LogP contribution in [0.25, 0.3) is 11.3 Å². The number of hydrogen-bond acceptors (Lipinski definition) is 3. The molecule has 0 saturated carbocycles. The SMILES string of the molecule is O=C(Nc1cn[nH]c1-c1ccccc1F)[C@H]1CCCc2cccnc21. The minimum absolute atomic E-state index is 0.140. The van der Waals surface area contributed by atoms with Crippen molar-refractivity contribution in [1.82, 2.24) is 15.2 Å². The summed E-state index contributed by atoms with van der Waals surface area (Å²) in [5, 5.41) is 9.62. The van der Waals surface area contributed by atoms with Gasteiger partial charge in [-0.05, 0) is 43.0 Å². The molecule has 6 heteroatoms. The number of halogens is 1. The van der Waals surface area contributed by atoms with Crippen molar-refractivity contribution in [2.24, 2.45) is 0 Å². The fourth-order valence-electron chi connectivity index (χ4n) is 3.33. The van der Waals surface area contributed by atoms with Gasteiger partial charge < -0.3 is 5.32 Å². The van der Waals surface area contributed by atoms with Crippen LogP contribution in [0.4, 0.5) is 10.1 Å². The summed E-state index contributed by atoms with van der Waals surface area (Å²) in [6.07, 6.45) is 5.86. The molecule has 1 amide bonds. The highest BCUT2D eigenvalue weighted by Crippen LogP contribution is 2.33. The van der Waals surface area contributed by atoms with Crippen LogP contribution in [-0.4, -0.2) is 21.1 Å². The number of carbonyl (C=O) groups excluding carboxylic acids is 1. The van der Waals surface area contributed by atoms with Gasteiger partial charge in [-0.2, -0.15) is 5.10 Å². The number of fused-ring (bicyclic) bond motifs is 1. The van der Waals surface area contributed by atoms with Crippen molar-refractivity contribution in [3.63, 3.8) is 0 Å². The zero-order valence-electron chi connectivity index (χ0n) is 13.5. The first kappa shape index (κ1) is 15.5. The Balaban J connectivity index is 1.62. The lowest BCUT2D eigenvalue weighted by molar-refractivity contribution is -0.118. The predicted octanol–water partition coefficient (Wildman–Crippen LogP) is 3.67. The molecule has 2 heterocycles. The number of hydrogen-bond donors (Lipinski definition) is 2. The number of pyridine rings is 1. The summed E-state index contributed by atoms with van der Waals surface area (Å²) in [4.78, 5) is 17.2. The number of H-pyrrole nitrogens is 1. The van der Waals surface area contributed by atoms with Gasteiger partial charge in [-0.3, -0.25) is 14.9 Å². The summed E-state index contributed by atoms with van der Waals surface area (Å²) in [5.41, 5.74) is 3.26. The first-order chi connectivity index (χ1) is 12.2. The molecule has 5 nitrogen and oxygen atoms in total. The number of anilines is 1. The van der Waals surface area contributed by atoms with Crippen LogP contribution in [0.15, 0.2) is 48.8 Å². The number of aromatic amines is 1. The van der Waals surface area contributed by atoms with Crippen molar-refractivity contribution < 1.29 is 9.18 Å². The summed E-state index contributed by atoms with van der Waals surface area (Å²) in [6.45, 7) is 0. The molecular weight excluding hydrogens is 319 g/mol. The molecule has 1 aliphatic carbocycles. The van der Waals surface area contributed by atoms with E-state index in [2.05, 4.69) is 20.5 Å². The monoisotopic (exact) mass is 336 g/mol. The summed E-state index contributed by atoms with van der Waals surface area (Å²) in [6, 6.07) is 10.3. The van der Waals surface area contributed by atoms with Crippen molar-refractivity contribution >= 4 is 11.6 Å². The molecule has 3 aromatic rings. The standard InChI is InChI=1S/C19H17FN4O/c20-15-9-2-1-7-13(15)18-16(11-22-24-18)23-19(25)14-8-3-5-12-6-4-10-21-17(12)14/h1-2,4,6-7,9-11,14H,3,5,8H2,(H,22,24)(H,23,25)/t14-/m0/s1. The molecule has 0 bridgehead atoms. The Morgan fingerprint density at radius 1 is 1.24 bits per heavy atom. The number of aromatic nitrogens is 3.